The summed E-state index contributed by atoms with van der Waals surface area (Å²) in [7, 11) is 1.62. The Balaban J connectivity index is 0.00000289. The summed E-state index contributed by atoms with van der Waals surface area (Å²) in [6.45, 7) is 2.41. The fraction of sp³-hybridized carbons (Fsp3) is 0.462. The van der Waals surface area contributed by atoms with Crippen molar-refractivity contribution in [3.05, 3.63) is 35.9 Å². The van der Waals surface area contributed by atoms with Crippen LogP contribution >= 0.6 is 12.4 Å². The van der Waals surface area contributed by atoms with Gasteiger partial charge in [-0.1, -0.05) is 30.3 Å². The molecule has 1 aromatic carbocycles. The molecule has 18 heavy (non-hydrogen) atoms. The molecule has 3 N–H and O–H groups in total. The molecule has 0 aliphatic carbocycles. The topological polar surface area (TPSA) is 64.3 Å². The highest BCUT2D eigenvalue weighted by atomic mass is 35.5. The van der Waals surface area contributed by atoms with Gasteiger partial charge >= 0.3 is 0 Å². The van der Waals surface area contributed by atoms with Crippen molar-refractivity contribution >= 4 is 18.3 Å². The Morgan fingerprint density at radius 1 is 1.39 bits per heavy atom. The second-order valence-corrected chi connectivity index (χ2v) is 4.07. The van der Waals surface area contributed by atoms with Gasteiger partial charge in [-0.25, -0.2) is 0 Å². The van der Waals surface area contributed by atoms with E-state index in [9.17, 15) is 4.79 Å². The van der Waals surface area contributed by atoms with Gasteiger partial charge in [0.2, 0.25) is 5.91 Å². The monoisotopic (exact) mass is 272 g/mol. The van der Waals surface area contributed by atoms with E-state index in [1.54, 1.807) is 7.11 Å². The van der Waals surface area contributed by atoms with E-state index in [4.69, 9.17) is 10.5 Å². The quantitative estimate of drug-likeness (QED) is 0.828. The summed E-state index contributed by atoms with van der Waals surface area (Å²) in [5.74, 6) is -0.0507. The summed E-state index contributed by atoms with van der Waals surface area (Å²) in [5.41, 5.74) is 6.92. The lowest BCUT2D eigenvalue weighted by Gasteiger charge is -2.14. The predicted molar refractivity (Wildman–Crippen MR) is 74.7 cm³/mol. The molecular weight excluding hydrogens is 252 g/mol. The molecular formula is C13H21ClN2O2. The van der Waals surface area contributed by atoms with Gasteiger partial charge in [0, 0.05) is 26.1 Å². The third-order valence-electron chi connectivity index (χ3n) is 2.62. The number of nitrogens with one attached hydrogen (secondary N) is 1. The average Bonchev–Trinajstić information content (AvgIpc) is 2.36. The molecule has 0 saturated heterocycles. The SMILES string of the molecule is COC(C)CNC(=O)CC(N)c1ccccc1.Cl. The highest BCUT2D eigenvalue weighted by Crippen LogP contribution is 2.12. The van der Waals surface area contributed by atoms with E-state index in [0.29, 0.717) is 13.0 Å². The van der Waals surface area contributed by atoms with Crippen molar-refractivity contribution < 1.29 is 9.53 Å². The Labute approximate surface area is 114 Å². The van der Waals surface area contributed by atoms with Gasteiger partial charge in [-0.3, -0.25) is 4.79 Å². The van der Waals surface area contributed by atoms with Crippen molar-refractivity contribution in [2.75, 3.05) is 13.7 Å². The van der Waals surface area contributed by atoms with Crippen LogP contribution in [0.1, 0.15) is 24.9 Å². The molecule has 0 aliphatic heterocycles. The lowest BCUT2D eigenvalue weighted by atomic mass is 10.0. The van der Waals surface area contributed by atoms with Crippen molar-refractivity contribution in [1.82, 2.24) is 5.32 Å². The number of carbonyl (C=O) groups is 1. The molecule has 1 amide bonds. The summed E-state index contributed by atoms with van der Waals surface area (Å²) < 4.78 is 5.04. The van der Waals surface area contributed by atoms with Gasteiger partial charge in [0.15, 0.2) is 0 Å². The van der Waals surface area contributed by atoms with E-state index < -0.39 is 0 Å². The summed E-state index contributed by atoms with van der Waals surface area (Å²) in [5, 5.41) is 2.79. The zero-order valence-electron chi connectivity index (χ0n) is 10.8. The highest BCUT2D eigenvalue weighted by Gasteiger charge is 2.11. The van der Waals surface area contributed by atoms with Crippen molar-refractivity contribution in [3.63, 3.8) is 0 Å². The van der Waals surface area contributed by atoms with E-state index in [0.717, 1.165) is 5.56 Å². The maximum absolute atomic E-state index is 11.6. The molecule has 4 nitrogen and oxygen atoms in total. The second-order valence-electron chi connectivity index (χ2n) is 4.07. The molecule has 1 aromatic rings. The van der Waals surface area contributed by atoms with Crippen LogP contribution in [0.4, 0.5) is 0 Å². The maximum atomic E-state index is 11.6. The number of rotatable bonds is 6. The number of methoxy groups -OCH3 is 1. The van der Waals surface area contributed by atoms with E-state index in [1.165, 1.54) is 0 Å². The molecule has 2 atom stereocenters. The fourth-order valence-electron chi connectivity index (χ4n) is 1.43. The number of nitrogens with two attached hydrogens (primary N) is 1. The molecule has 0 radical (unpaired) electrons. The van der Waals surface area contributed by atoms with Crippen LogP contribution in [0.15, 0.2) is 30.3 Å². The first-order valence-corrected chi connectivity index (χ1v) is 5.73. The summed E-state index contributed by atoms with van der Waals surface area (Å²) >= 11 is 0. The zero-order chi connectivity index (χ0) is 12.7. The Kier molecular flexibility index (Phi) is 8.37. The number of hydrogen-bond acceptors (Lipinski definition) is 3. The number of ether oxygens (including phenoxy) is 1. The second kappa shape index (κ2) is 8.91. The van der Waals surface area contributed by atoms with Gasteiger partial charge in [0.25, 0.3) is 0 Å². The number of carbonyl (C=O) groups excluding carboxylic acids is 1. The van der Waals surface area contributed by atoms with E-state index in [1.807, 2.05) is 37.3 Å². The van der Waals surface area contributed by atoms with Crippen LogP contribution in [-0.2, 0) is 9.53 Å². The minimum Gasteiger partial charge on any atom is -0.380 e. The van der Waals surface area contributed by atoms with Crippen LogP contribution in [0.2, 0.25) is 0 Å². The first-order chi connectivity index (χ1) is 8.13. The molecule has 0 heterocycles. The average molecular weight is 273 g/mol. The third-order valence-corrected chi connectivity index (χ3v) is 2.62. The molecule has 5 heteroatoms. The summed E-state index contributed by atoms with van der Waals surface area (Å²) in [4.78, 5) is 11.6. The number of benzene rings is 1. The Morgan fingerprint density at radius 2 is 2.00 bits per heavy atom. The normalized spacial score (nSPS) is 13.3. The van der Waals surface area contributed by atoms with Crippen molar-refractivity contribution in [3.8, 4) is 0 Å². The van der Waals surface area contributed by atoms with Crippen LogP contribution in [0.25, 0.3) is 0 Å². The Bertz CT molecular complexity index is 346. The van der Waals surface area contributed by atoms with Gasteiger partial charge < -0.3 is 15.8 Å². The third kappa shape index (κ3) is 6.00. The standard InChI is InChI=1S/C13H20N2O2.ClH/c1-10(17-2)9-15-13(16)8-12(14)11-6-4-3-5-7-11;/h3-7,10,12H,8-9,14H2,1-2H3,(H,15,16);1H. The fourth-order valence-corrected chi connectivity index (χ4v) is 1.43. The van der Waals surface area contributed by atoms with Gasteiger partial charge in [-0.05, 0) is 12.5 Å². The molecule has 1 rings (SSSR count). The minimum atomic E-state index is -0.256. The lowest BCUT2D eigenvalue weighted by molar-refractivity contribution is -0.121. The highest BCUT2D eigenvalue weighted by molar-refractivity contribution is 5.85. The molecule has 102 valence electrons. The number of halogens is 1. The largest absolute Gasteiger partial charge is 0.380 e. The molecule has 0 spiro atoms. The zero-order valence-corrected chi connectivity index (χ0v) is 11.6. The van der Waals surface area contributed by atoms with Crippen molar-refractivity contribution in [2.24, 2.45) is 5.73 Å². The summed E-state index contributed by atoms with van der Waals surface area (Å²) in [6, 6.07) is 9.36. The molecule has 2 unspecified atom stereocenters. The van der Waals surface area contributed by atoms with Gasteiger partial charge in [-0.2, -0.15) is 0 Å². The lowest BCUT2D eigenvalue weighted by Crippen LogP contribution is -2.33. The van der Waals surface area contributed by atoms with Crippen LogP contribution in [0.5, 0.6) is 0 Å². The van der Waals surface area contributed by atoms with E-state index >= 15 is 0 Å². The van der Waals surface area contributed by atoms with E-state index in [-0.39, 0.29) is 30.5 Å². The first kappa shape index (κ1) is 16.9. The minimum absolute atomic E-state index is 0. The van der Waals surface area contributed by atoms with Gasteiger partial charge in [-0.15, -0.1) is 12.4 Å². The summed E-state index contributed by atoms with van der Waals surface area (Å²) in [6.07, 6.45) is 0.312. The number of amides is 1. The van der Waals surface area contributed by atoms with Gasteiger partial charge in [0.05, 0.1) is 6.10 Å². The smallest absolute Gasteiger partial charge is 0.221 e. The van der Waals surface area contributed by atoms with Crippen LogP contribution < -0.4 is 11.1 Å². The maximum Gasteiger partial charge on any atom is 0.221 e. The van der Waals surface area contributed by atoms with Crippen LogP contribution in [0, 0.1) is 0 Å². The number of hydrogen-bond donors (Lipinski definition) is 2. The molecule has 0 saturated carbocycles. The van der Waals surface area contributed by atoms with Crippen LogP contribution in [-0.4, -0.2) is 25.7 Å². The van der Waals surface area contributed by atoms with Crippen LogP contribution in [0.3, 0.4) is 0 Å². The Morgan fingerprint density at radius 3 is 2.56 bits per heavy atom. The van der Waals surface area contributed by atoms with E-state index in [2.05, 4.69) is 5.32 Å². The van der Waals surface area contributed by atoms with Crippen molar-refractivity contribution in [2.45, 2.75) is 25.5 Å². The molecule has 0 fully saturated rings. The van der Waals surface area contributed by atoms with Crippen molar-refractivity contribution in [1.29, 1.82) is 0 Å². The first-order valence-electron chi connectivity index (χ1n) is 5.73. The molecule has 0 aromatic heterocycles. The molecule has 0 bridgehead atoms. The predicted octanol–water partition coefficient (Wildman–Crippen LogP) is 1.65. The van der Waals surface area contributed by atoms with Gasteiger partial charge in [0.1, 0.15) is 0 Å². The molecule has 0 aliphatic rings. The Hall–Kier alpha value is -1.10.